The lowest BCUT2D eigenvalue weighted by molar-refractivity contribution is -0.118. The molecule has 0 atom stereocenters. The number of amides is 1. The van der Waals surface area contributed by atoms with E-state index in [9.17, 15) is 15.0 Å². The summed E-state index contributed by atoms with van der Waals surface area (Å²) >= 11 is 1.39. The van der Waals surface area contributed by atoms with E-state index in [2.05, 4.69) is 10.5 Å². The highest BCUT2D eigenvalue weighted by Crippen LogP contribution is 2.35. The fourth-order valence-electron chi connectivity index (χ4n) is 3.10. The van der Waals surface area contributed by atoms with E-state index < -0.39 is 0 Å². The van der Waals surface area contributed by atoms with Crippen LogP contribution in [-0.4, -0.2) is 40.2 Å². The van der Waals surface area contributed by atoms with Gasteiger partial charge in [-0.05, 0) is 36.4 Å². The number of methoxy groups -OCH3 is 1. The normalized spacial score (nSPS) is 11.3. The number of para-hydroxylation sites is 1. The molecule has 0 unspecified atom stereocenters. The number of fused-ring (bicyclic) bond motifs is 2. The van der Waals surface area contributed by atoms with Gasteiger partial charge in [0, 0.05) is 27.3 Å². The van der Waals surface area contributed by atoms with Gasteiger partial charge in [-0.25, -0.2) is 10.4 Å². The number of rotatable bonds is 6. The molecule has 0 radical (unpaired) electrons. The van der Waals surface area contributed by atoms with E-state index in [-0.39, 0.29) is 23.2 Å². The van der Waals surface area contributed by atoms with E-state index in [4.69, 9.17) is 9.72 Å². The maximum absolute atomic E-state index is 12.4. The van der Waals surface area contributed by atoms with Crippen LogP contribution in [0.2, 0.25) is 0 Å². The first-order chi connectivity index (χ1) is 15.0. The van der Waals surface area contributed by atoms with E-state index in [1.54, 1.807) is 7.11 Å². The molecule has 0 saturated carbocycles. The molecular weight excluding hydrogens is 414 g/mol. The number of hydrazone groups is 1. The molecule has 4 rings (SSSR count). The molecule has 7 nitrogen and oxygen atoms in total. The fourth-order valence-corrected chi connectivity index (χ4v) is 4.09. The molecule has 0 aliphatic heterocycles. The van der Waals surface area contributed by atoms with Crippen LogP contribution in [0.4, 0.5) is 0 Å². The van der Waals surface area contributed by atoms with Crippen molar-refractivity contribution >= 4 is 45.7 Å². The number of ether oxygens (including phenoxy) is 1. The molecule has 0 fully saturated rings. The van der Waals surface area contributed by atoms with Gasteiger partial charge in [-0.1, -0.05) is 18.2 Å². The van der Waals surface area contributed by atoms with Crippen LogP contribution in [0.15, 0.2) is 70.7 Å². The van der Waals surface area contributed by atoms with Gasteiger partial charge in [0.05, 0.1) is 30.1 Å². The average Bonchev–Trinajstić information content (AvgIpc) is 2.77. The first-order valence-corrected chi connectivity index (χ1v) is 10.4. The molecule has 3 aromatic carbocycles. The lowest BCUT2D eigenvalue weighted by atomic mass is 10.1. The molecule has 4 aromatic rings. The Hall–Kier alpha value is -3.78. The number of hydrogen-bond donors (Lipinski definition) is 3. The van der Waals surface area contributed by atoms with Gasteiger partial charge in [-0.2, -0.15) is 5.10 Å². The Bertz CT molecular complexity index is 1310. The van der Waals surface area contributed by atoms with Crippen molar-refractivity contribution < 1.29 is 19.7 Å². The Kier molecular flexibility index (Phi) is 5.90. The van der Waals surface area contributed by atoms with Gasteiger partial charge in [-0.15, -0.1) is 11.8 Å². The van der Waals surface area contributed by atoms with Crippen LogP contribution in [-0.2, 0) is 4.79 Å². The van der Waals surface area contributed by atoms with Gasteiger partial charge in [-0.3, -0.25) is 4.79 Å². The number of hydrogen-bond acceptors (Lipinski definition) is 7. The second-order valence-corrected chi connectivity index (χ2v) is 7.65. The number of thioether (sulfide) groups is 1. The van der Waals surface area contributed by atoms with E-state index in [1.807, 2.05) is 42.5 Å². The van der Waals surface area contributed by atoms with Crippen LogP contribution in [0.25, 0.3) is 21.8 Å². The average molecular weight is 433 g/mol. The summed E-state index contributed by atoms with van der Waals surface area (Å²) in [5, 5.41) is 24.8. The van der Waals surface area contributed by atoms with Crippen LogP contribution in [0.3, 0.4) is 0 Å². The number of phenols is 2. The number of phenolic OH excluding ortho intramolecular Hbond substituents is 2. The zero-order valence-corrected chi connectivity index (χ0v) is 17.4. The predicted molar refractivity (Wildman–Crippen MR) is 122 cm³/mol. The molecule has 0 aliphatic carbocycles. The largest absolute Gasteiger partial charge is 0.508 e. The third kappa shape index (κ3) is 4.54. The van der Waals surface area contributed by atoms with Crippen LogP contribution >= 0.6 is 11.8 Å². The lowest BCUT2D eigenvalue weighted by Gasteiger charge is -2.11. The molecule has 0 aliphatic rings. The molecule has 1 amide bonds. The summed E-state index contributed by atoms with van der Waals surface area (Å²) in [6.07, 6.45) is 1.32. The van der Waals surface area contributed by atoms with E-state index in [0.717, 1.165) is 26.7 Å². The summed E-state index contributed by atoms with van der Waals surface area (Å²) in [6, 6.07) is 17.6. The Labute approximate surface area is 182 Å². The number of carbonyl (C=O) groups excluding carboxylic acids is 1. The van der Waals surface area contributed by atoms with Gasteiger partial charge in [0.25, 0.3) is 0 Å². The lowest BCUT2D eigenvalue weighted by Crippen LogP contribution is -2.19. The molecule has 1 aromatic heterocycles. The molecule has 8 heteroatoms. The first-order valence-electron chi connectivity index (χ1n) is 9.38. The Morgan fingerprint density at radius 1 is 1.10 bits per heavy atom. The number of pyridine rings is 1. The van der Waals surface area contributed by atoms with E-state index in [0.29, 0.717) is 11.3 Å². The minimum Gasteiger partial charge on any atom is -0.508 e. The quantitative estimate of drug-likeness (QED) is 0.183. The van der Waals surface area contributed by atoms with E-state index in [1.165, 1.54) is 36.2 Å². The highest BCUT2D eigenvalue weighted by molar-refractivity contribution is 8.00. The van der Waals surface area contributed by atoms with Crippen molar-refractivity contribution in [2.75, 3.05) is 12.9 Å². The smallest absolute Gasteiger partial charge is 0.250 e. The van der Waals surface area contributed by atoms with Crippen molar-refractivity contribution in [2.24, 2.45) is 5.10 Å². The summed E-state index contributed by atoms with van der Waals surface area (Å²) in [6.45, 7) is 0. The number of nitrogens with zero attached hydrogens (tertiary/aromatic N) is 2. The van der Waals surface area contributed by atoms with Crippen molar-refractivity contribution in [1.29, 1.82) is 0 Å². The summed E-state index contributed by atoms with van der Waals surface area (Å²) in [7, 11) is 1.61. The van der Waals surface area contributed by atoms with Crippen molar-refractivity contribution in [1.82, 2.24) is 10.4 Å². The summed E-state index contributed by atoms with van der Waals surface area (Å²) in [4.78, 5) is 18.0. The Balaban J connectivity index is 1.54. The second kappa shape index (κ2) is 8.93. The summed E-state index contributed by atoms with van der Waals surface area (Å²) < 4.78 is 5.36. The minimum atomic E-state index is -0.295. The number of nitrogens with one attached hydrogen (secondary N) is 1. The monoisotopic (exact) mass is 433 g/mol. The molecule has 31 heavy (non-hydrogen) atoms. The van der Waals surface area contributed by atoms with Crippen molar-refractivity contribution in [2.45, 2.75) is 4.90 Å². The van der Waals surface area contributed by atoms with Crippen molar-refractivity contribution in [3.63, 3.8) is 0 Å². The number of carbonyl (C=O) groups is 1. The van der Waals surface area contributed by atoms with Gasteiger partial charge < -0.3 is 14.9 Å². The van der Waals surface area contributed by atoms with Crippen LogP contribution in [0.5, 0.6) is 17.2 Å². The minimum absolute atomic E-state index is 0.0523. The van der Waals surface area contributed by atoms with Crippen molar-refractivity contribution in [3.05, 3.63) is 66.2 Å². The predicted octanol–water partition coefficient (Wildman–Crippen LogP) is 4.05. The fraction of sp³-hybridized carbons (Fsp3) is 0.0870. The van der Waals surface area contributed by atoms with Crippen molar-refractivity contribution in [3.8, 4) is 17.2 Å². The number of benzene rings is 3. The maximum Gasteiger partial charge on any atom is 0.250 e. The maximum atomic E-state index is 12.4. The Morgan fingerprint density at radius 2 is 1.90 bits per heavy atom. The van der Waals surface area contributed by atoms with Crippen LogP contribution in [0.1, 0.15) is 5.56 Å². The van der Waals surface area contributed by atoms with Gasteiger partial charge in [0.2, 0.25) is 5.91 Å². The highest BCUT2D eigenvalue weighted by Gasteiger charge is 2.12. The van der Waals surface area contributed by atoms with Crippen LogP contribution in [0, 0.1) is 0 Å². The number of aromatic nitrogens is 1. The highest BCUT2D eigenvalue weighted by atomic mass is 32.2. The Morgan fingerprint density at radius 3 is 2.71 bits per heavy atom. The van der Waals surface area contributed by atoms with Gasteiger partial charge >= 0.3 is 0 Å². The SMILES string of the molecule is COc1ccc2nc3ccccc3c(SCC(=O)N/N=C/c3ccc(O)cc3O)c2c1. The topological polar surface area (TPSA) is 104 Å². The standard InChI is InChI=1S/C23H19N3O4S/c1-30-16-8-9-20-18(11-16)23(17-4-2-3-5-19(17)25-20)31-13-22(29)26-24-12-14-6-7-15(27)10-21(14)28/h2-12,27-28H,13H2,1H3,(H,26,29)/b24-12+. The molecule has 3 N–H and O–H groups in total. The first kappa shape index (κ1) is 20.5. The zero-order chi connectivity index (χ0) is 21.8. The third-order valence-electron chi connectivity index (χ3n) is 4.59. The number of aromatic hydroxyl groups is 2. The van der Waals surface area contributed by atoms with Crippen LogP contribution < -0.4 is 10.2 Å². The molecule has 0 saturated heterocycles. The second-order valence-electron chi connectivity index (χ2n) is 6.67. The van der Waals surface area contributed by atoms with Gasteiger partial charge in [0.1, 0.15) is 17.2 Å². The van der Waals surface area contributed by atoms with E-state index >= 15 is 0 Å². The van der Waals surface area contributed by atoms with Gasteiger partial charge in [0.15, 0.2) is 0 Å². The third-order valence-corrected chi connectivity index (χ3v) is 5.73. The molecule has 1 heterocycles. The molecule has 156 valence electrons. The molecule has 0 bridgehead atoms. The summed E-state index contributed by atoms with van der Waals surface area (Å²) in [5.74, 6) is 0.379. The molecular formula is C23H19N3O4S. The summed E-state index contributed by atoms with van der Waals surface area (Å²) in [5.41, 5.74) is 4.51. The zero-order valence-electron chi connectivity index (χ0n) is 16.6. The molecule has 0 spiro atoms.